The van der Waals surface area contributed by atoms with Crippen LogP contribution in [0.25, 0.3) is 5.65 Å². The molecule has 0 bridgehead atoms. The Labute approximate surface area is 183 Å². The van der Waals surface area contributed by atoms with E-state index in [-0.39, 0.29) is 12.5 Å². The number of carbonyl (C=O) groups excluding carboxylic acids is 1. The number of fused-ring (bicyclic) bond motifs is 2. The van der Waals surface area contributed by atoms with Gasteiger partial charge in [-0.2, -0.15) is 5.10 Å². The number of ether oxygens (including phenoxy) is 2. The highest BCUT2D eigenvalue weighted by atomic mass is 35.5. The Bertz CT molecular complexity index is 1160. The molecule has 2 aliphatic heterocycles. The van der Waals surface area contributed by atoms with Crippen molar-refractivity contribution in [1.29, 1.82) is 0 Å². The van der Waals surface area contributed by atoms with Crippen LogP contribution in [0.4, 0.5) is 11.4 Å². The van der Waals surface area contributed by atoms with Crippen molar-refractivity contribution >= 4 is 34.5 Å². The van der Waals surface area contributed by atoms with Gasteiger partial charge in [-0.3, -0.25) is 4.79 Å². The van der Waals surface area contributed by atoms with Crippen LogP contribution in [-0.2, 0) is 11.2 Å². The van der Waals surface area contributed by atoms with E-state index in [1.807, 2.05) is 19.1 Å². The smallest absolute Gasteiger partial charge is 0.261 e. The van der Waals surface area contributed by atoms with Crippen LogP contribution >= 0.6 is 11.6 Å². The Hall–Kier alpha value is -2.88. The largest absolute Gasteiger partial charge is 0.484 e. The van der Waals surface area contributed by atoms with E-state index in [1.54, 1.807) is 6.20 Å². The maximum atomic E-state index is 13.1. The van der Waals surface area contributed by atoms with E-state index in [0.29, 0.717) is 54.6 Å². The first-order valence-corrected chi connectivity index (χ1v) is 10.4. The van der Waals surface area contributed by atoms with Crippen LogP contribution in [0.2, 0.25) is 5.02 Å². The van der Waals surface area contributed by atoms with Crippen LogP contribution in [0.5, 0.6) is 5.75 Å². The van der Waals surface area contributed by atoms with Crippen molar-refractivity contribution < 1.29 is 19.4 Å². The normalized spacial score (nSPS) is 20.5. The molecule has 1 fully saturated rings. The molecule has 1 aromatic carbocycles. The minimum atomic E-state index is -0.668. The van der Waals surface area contributed by atoms with Crippen molar-refractivity contribution in [3.05, 3.63) is 46.9 Å². The molecule has 10 heteroatoms. The number of anilines is 2. The Morgan fingerprint density at radius 2 is 2.13 bits per heavy atom. The summed E-state index contributed by atoms with van der Waals surface area (Å²) in [6, 6.07) is 3.86. The van der Waals surface area contributed by atoms with Crippen LogP contribution in [-0.4, -0.2) is 64.1 Å². The molecule has 1 unspecified atom stereocenters. The fourth-order valence-corrected chi connectivity index (χ4v) is 4.15. The van der Waals surface area contributed by atoms with Gasteiger partial charge in [-0.1, -0.05) is 11.6 Å². The molecular weight excluding hydrogens is 422 g/mol. The van der Waals surface area contributed by atoms with Crippen molar-refractivity contribution in [3.8, 4) is 5.75 Å². The number of carbonyl (C=O) groups is 1. The molecule has 0 aliphatic carbocycles. The lowest BCUT2D eigenvalue weighted by Gasteiger charge is -2.31. The van der Waals surface area contributed by atoms with Gasteiger partial charge in [-0.15, -0.1) is 0 Å². The van der Waals surface area contributed by atoms with Gasteiger partial charge < -0.3 is 24.8 Å². The lowest BCUT2D eigenvalue weighted by molar-refractivity contribution is 0.0446. The molecule has 1 atom stereocenters. The minimum Gasteiger partial charge on any atom is -0.484 e. The highest BCUT2D eigenvalue weighted by molar-refractivity contribution is 6.30. The van der Waals surface area contributed by atoms with E-state index in [4.69, 9.17) is 21.1 Å². The van der Waals surface area contributed by atoms with E-state index < -0.39 is 5.60 Å². The third kappa shape index (κ3) is 3.69. The van der Waals surface area contributed by atoms with Gasteiger partial charge in [0.05, 0.1) is 48.6 Å². The number of amides is 1. The third-order valence-electron chi connectivity index (χ3n) is 5.60. The lowest BCUT2D eigenvalue weighted by atomic mass is 9.99. The molecule has 9 nitrogen and oxygen atoms in total. The summed E-state index contributed by atoms with van der Waals surface area (Å²) in [5.41, 5.74) is 2.57. The summed E-state index contributed by atoms with van der Waals surface area (Å²) >= 11 is 5.96. The Balaban J connectivity index is 1.51. The van der Waals surface area contributed by atoms with Crippen molar-refractivity contribution in [2.75, 3.05) is 43.1 Å². The second kappa shape index (κ2) is 7.67. The van der Waals surface area contributed by atoms with Crippen LogP contribution in [0.3, 0.4) is 0 Å². The second-order valence-corrected chi connectivity index (χ2v) is 8.45. The summed E-state index contributed by atoms with van der Waals surface area (Å²) in [6.07, 6.45) is 5.11. The molecule has 162 valence electrons. The third-order valence-corrected chi connectivity index (χ3v) is 5.80. The molecule has 31 heavy (non-hydrogen) atoms. The zero-order chi connectivity index (χ0) is 21.6. The summed E-state index contributed by atoms with van der Waals surface area (Å²) in [5, 5.41) is 17.4. The SMILES string of the molecule is CC1(CO)Cc2cc(NC(=O)c3cnn4cc(Cl)cnc34)c(N3CCOCC3)cc2O1. The zero-order valence-corrected chi connectivity index (χ0v) is 17.7. The van der Waals surface area contributed by atoms with E-state index in [9.17, 15) is 9.90 Å². The van der Waals surface area contributed by atoms with Crippen molar-refractivity contribution in [3.63, 3.8) is 0 Å². The van der Waals surface area contributed by atoms with Crippen molar-refractivity contribution in [1.82, 2.24) is 14.6 Å². The Morgan fingerprint density at radius 1 is 1.32 bits per heavy atom. The second-order valence-electron chi connectivity index (χ2n) is 8.02. The number of nitrogens with one attached hydrogen (secondary N) is 1. The predicted molar refractivity (Wildman–Crippen MR) is 115 cm³/mol. The molecule has 3 aromatic rings. The monoisotopic (exact) mass is 443 g/mol. The lowest BCUT2D eigenvalue weighted by Crippen LogP contribution is -2.36. The number of rotatable bonds is 4. The molecule has 2 N–H and O–H groups in total. The molecular formula is C21H22ClN5O4. The molecule has 0 radical (unpaired) electrons. The maximum absolute atomic E-state index is 13.1. The number of hydrogen-bond donors (Lipinski definition) is 2. The van der Waals surface area contributed by atoms with Crippen LogP contribution < -0.4 is 15.0 Å². The van der Waals surface area contributed by atoms with Gasteiger partial charge in [0.15, 0.2) is 5.65 Å². The molecule has 0 saturated carbocycles. The molecule has 2 aliphatic rings. The van der Waals surface area contributed by atoms with Gasteiger partial charge in [-0.05, 0) is 13.0 Å². The van der Waals surface area contributed by atoms with Gasteiger partial charge in [-0.25, -0.2) is 9.50 Å². The molecule has 2 aromatic heterocycles. The van der Waals surface area contributed by atoms with Gasteiger partial charge in [0.1, 0.15) is 16.9 Å². The first-order valence-electron chi connectivity index (χ1n) is 10.1. The first-order chi connectivity index (χ1) is 15.0. The summed E-state index contributed by atoms with van der Waals surface area (Å²) in [7, 11) is 0. The van der Waals surface area contributed by atoms with E-state index in [1.165, 1.54) is 16.9 Å². The van der Waals surface area contributed by atoms with E-state index >= 15 is 0 Å². The molecule has 1 saturated heterocycles. The average Bonchev–Trinajstić information content (AvgIpc) is 3.33. The highest BCUT2D eigenvalue weighted by Gasteiger charge is 2.35. The predicted octanol–water partition coefficient (Wildman–Crippen LogP) is 2.16. The number of aromatic nitrogens is 3. The number of hydrogen-bond acceptors (Lipinski definition) is 7. The molecule has 5 rings (SSSR count). The Kier molecular flexibility index (Phi) is 4.96. The summed E-state index contributed by atoms with van der Waals surface area (Å²) in [5.74, 6) is 0.409. The van der Waals surface area contributed by atoms with E-state index in [0.717, 1.165) is 17.0 Å². The fourth-order valence-electron chi connectivity index (χ4n) is 4.01. The topological polar surface area (TPSA) is 101 Å². The fraction of sp³-hybridized carbons (Fsp3) is 0.381. The average molecular weight is 444 g/mol. The molecule has 4 heterocycles. The first kappa shape index (κ1) is 20.0. The Morgan fingerprint density at radius 3 is 2.90 bits per heavy atom. The van der Waals surface area contributed by atoms with Crippen LogP contribution in [0, 0.1) is 0 Å². The van der Waals surface area contributed by atoms with E-state index in [2.05, 4.69) is 20.3 Å². The van der Waals surface area contributed by atoms with Gasteiger partial charge in [0.2, 0.25) is 0 Å². The van der Waals surface area contributed by atoms with Gasteiger partial charge in [0, 0.05) is 37.3 Å². The van der Waals surface area contributed by atoms with Gasteiger partial charge >= 0.3 is 0 Å². The quantitative estimate of drug-likeness (QED) is 0.637. The number of aliphatic hydroxyl groups excluding tert-OH is 1. The standard InChI is InChI=1S/C21H22ClN5O4/c1-21(12-28)8-13-6-16(17(7-18(13)31-21)26-2-4-30-5-3-26)25-20(29)15-10-24-27-11-14(22)9-23-19(15)27/h6-7,9-11,28H,2-5,8,12H2,1H3,(H,25,29). The molecule has 0 spiro atoms. The van der Waals surface area contributed by atoms with Gasteiger partial charge in [0.25, 0.3) is 5.91 Å². The minimum absolute atomic E-state index is 0.0904. The summed E-state index contributed by atoms with van der Waals surface area (Å²) < 4.78 is 13.0. The number of benzene rings is 1. The van der Waals surface area contributed by atoms with Crippen molar-refractivity contribution in [2.45, 2.75) is 18.9 Å². The summed E-state index contributed by atoms with van der Waals surface area (Å²) in [4.78, 5) is 19.5. The van der Waals surface area contributed by atoms with Crippen LogP contribution in [0.15, 0.2) is 30.7 Å². The zero-order valence-electron chi connectivity index (χ0n) is 17.0. The number of morpholine rings is 1. The van der Waals surface area contributed by atoms with Crippen molar-refractivity contribution in [2.24, 2.45) is 0 Å². The highest BCUT2D eigenvalue weighted by Crippen LogP contribution is 2.42. The number of aliphatic hydroxyl groups is 1. The number of halogens is 1. The number of nitrogens with zero attached hydrogens (tertiary/aromatic N) is 4. The summed E-state index contributed by atoms with van der Waals surface area (Å²) in [6.45, 7) is 4.41. The van der Waals surface area contributed by atoms with Crippen LogP contribution in [0.1, 0.15) is 22.8 Å². The molecule has 1 amide bonds. The maximum Gasteiger partial charge on any atom is 0.261 e.